The van der Waals surface area contributed by atoms with Crippen molar-refractivity contribution in [2.75, 3.05) is 32.7 Å². The Morgan fingerprint density at radius 1 is 0.781 bits per heavy atom. The van der Waals surface area contributed by atoms with Crippen LogP contribution >= 0.6 is 0 Å². The number of rotatable bonds is 5. The van der Waals surface area contributed by atoms with E-state index in [1.807, 2.05) is 36.4 Å². The number of carbonyl (C=O) groups is 3. The van der Waals surface area contributed by atoms with E-state index >= 15 is 0 Å². The molecule has 1 heterocycles. The average molecular weight is 433 g/mol. The number of carbonyl (C=O) groups excluding carboxylic acids is 3. The standard InChI is InChI=1S/C25H24FN3O3/c26-22-9-7-19(8-10-22)25(32)29-15-13-28(14-16-29)23(30)11-12-27-24(31)21-6-5-18-3-1-2-4-20(18)17-21/h1-10,17H,11-16H2,(H,27,31). The van der Waals surface area contributed by atoms with Crippen LogP contribution in [-0.4, -0.2) is 60.2 Å². The minimum Gasteiger partial charge on any atom is -0.352 e. The topological polar surface area (TPSA) is 69.7 Å². The highest BCUT2D eigenvalue weighted by Gasteiger charge is 2.24. The molecule has 0 atom stereocenters. The summed E-state index contributed by atoms with van der Waals surface area (Å²) in [6.45, 7) is 1.96. The van der Waals surface area contributed by atoms with Crippen molar-refractivity contribution in [3.63, 3.8) is 0 Å². The summed E-state index contributed by atoms with van der Waals surface area (Å²) in [5.74, 6) is -0.819. The maximum absolute atomic E-state index is 13.0. The highest BCUT2D eigenvalue weighted by Crippen LogP contribution is 2.15. The molecular weight excluding hydrogens is 409 g/mol. The molecule has 0 aliphatic carbocycles. The predicted molar refractivity (Wildman–Crippen MR) is 120 cm³/mol. The van der Waals surface area contributed by atoms with E-state index in [1.54, 1.807) is 15.9 Å². The SMILES string of the molecule is O=C(NCCC(=O)N1CCN(C(=O)c2ccc(F)cc2)CC1)c1ccc2ccccc2c1. The van der Waals surface area contributed by atoms with E-state index in [1.165, 1.54) is 24.3 Å². The maximum Gasteiger partial charge on any atom is 0.253 e. The Hall–Kier alpha value is -3.74. The van der Waals surface area contributed by atoms with Crippen LogP contribution in [0.25, 0.3) is 10.8 Å². The van der Waals surface area contributed by atoms with Crippen LogP contribution in [0.5, 0.6) is 0 Å². The second kappa shape index (κ2) is 9.60. The van der Waals surface area contributed by atoms with Gasteiger partial charge >= 0.3 is 0 Å². The molecule has 0 saturated carbocycles. The van der Waals surface area contributed by atoms with Gasteiger partial charge in [0.2, 0.25) is 5.91 Å². The van der Waals surface area contributed by atoms with Crippen LogP contribution in [0.3, 0.4) is 0 Å². The zero-order valence-corrected chi connectivity index (χ0v) is 17.6. The number of halogens is 1. The summed E-state index contributed by atoms with van der Waals surface area (Å²) in [6.07, 6.45) is 0.200. The Balaban J connectivity index is 1.23. The fourth-order valence-electron chi connectivity index (χ4n) is 3.81. The Morgan fingerprint density at radius 3 is 2.12 bits per heavy atom. The summed E-state index contributed by atoms with van der Waals surface area (Å²) in [5.41, 5.74) is 0.992. The van der Waals surface area contributed by atoms with E-state index in [-0.39, 0.29) is 36.5 Å². The first-order valence-corrected chi connectivity index (χ1v) is 10.6. The Labute approximate surface area is 185 Å². The summed E-state index contributed by atoms with van der Waals surface area (Å²) in [5, 5.41) is 4.86. The van der Waals surface area contributed by atoms with E-state index in [4.69, 9.17) is 0 Å². The first-order chi connectivity index (χ1) is 15.5. The number of nitrogens with zero attached hydrogens (tertiary/aromatic N) is 2. The second-order valence-corrected chi connectivity index (χ2v) is 7.75. The van der Waals surface area contributed by atoms with Crippen molar-refractivity contribution in [1.82, 2.24) is 15.1 Å². The molecule has 0 unspecified atom stereocenters. The molecule has 0 bridgehead atoms. The summed E-state index contributed by atoms with van der Waals surface area (Å²) in [7, 11) is 0. The van der Waals surface area contributed by atoms with Gasteiger partial charge in [-0.1, -0.05) is 30.3 Å². The number of hydrogen-bond acceptors (Lipinski definition) is 3. The minimum absolute atomic E-state index is 0.0577. The third kappa shape index (κ3) is 4.94. The lowest BCUT2D eigenvalue weighted by atomic mass is 10.1. The van der Waals surface area contributed by atoms with E-state index < -0.39 is 0 Å². The van der Waals surface area contributed by atoms with Crippen LogP contribution in [0.1, 0.15) is 27.1 Å². The quantitative estimate of drug-likeness (QED) is 0.672. The van der Waals surface area contributed by atoms with E-state index in [2.05, 4.69) is 5.32 Å². The van der Waals surface area contributed by atoms with Gasteiger partial charge in [-0.25, -0.2) is 4.39 Å². The summed E-state index contributed by atoms with van der Waals surface area (Å²) in [6, 6.07) is 18.8. The molecule has 0 radical (unpaired) electrons. The molecule has 3 aromatic carbocycles. The Kier molecular flexibility index (Phi) is 6.44. The van der Waals surface area contributed by atoms with Gasteiger partial charge < -0.3 is 15.1 Å². The Morgan fingerprint density at radius 2 is 1.41 bits per heavy atom. The van der Waals surface area contributed by atoms with Crippen LogP contribution in [-0.2, 0) is 4.79 Å². The molecule has 0 aromatic heterocycles. The monoisotopic (exact) mass is 433 g/mol. The van der Waals surface area contributed by atoms with Crippen molar-refractivity contribution >= 4 is 28.5 Å². The lowest BCUT2D eigenvalue weighted by Crippen LogP contribution is -2.51. The molecule has 3 aromatic rings. The number of amides is 3. The zero-order chi connectivity index (χ0) is 22.5. The molecule has 1 aliphatic heterocycles. The molecule has 1 aliphatic rings. The zero-order valence-electron chi connectivity index (χ0n) is 17.6. The average Bonchev–Trinajstić information content (AvgIpc) is 2.83. The van der Waals surface area contributed by atoms with Crippen molar-refractivity contribution in [3.8, 4) is 0 Å². The van der Waals surface area contributed by atoms with Crippen LogP contribution in [0.4, 0.5) is 4.39 Å². The molecule has 32 heavy (non-hydrogen) atoms. The van der Waals surface area contributed by atoms with Crippen molar-refractivity contribution in [2.45, 2.75) is 6.42 Å². The van der Waals surface area contributed by atoms with E-state index in [0.29, 0.717) is 37.3 Å². The van der Waals surface area contributed by atoms with Crippen molar-refractivity contribution in [1.29, 1.82) is 0 Å². The minimum atomic E-state index is -0.385. The lowest BCUT2D eigenvalue weighted by Gasteiger charge is -2.35. The molecule has 0 spiro atoms. The second-order valence-electron chi connectivity index (χ2n) is 7.75. The lowest BCUT2D eigenvalue weighted by molar-refractivity contribution is -0.132. The first kappa shape index (κ1) is 21.5. The number of benzene rings is 3. The summed E-state index contributed by atoms with van der Waals surface area (Å²) in [4.78, 5) is 40.8. The molecule has 1 N–H and O–H groups in total. The number of piperazine rings is 1. The van der Waals surface area contributed by atoms with Crippen molar-refractivity contribution in [3.05, 3.63) is 83.7 Å². The fourth-order valence-corrected chi connectivity index (χ4v) is 3.81. The summed E-state index contributed by atoms with van der Waals surface area (Å²) >= 11 is 0. The van der Waals surface area contributed by atoms with Gasteiger partial charge in [0.05, 0.1) is 0 Å². The highest BCUT2D eigenvalue weighted by atomic mass is 19.1. The van der Waals surface area contributed by atoms with Crippen molar-refractivity contribution in [2.24, 2.45) is 0 Å². The molecule has 6 nitrogen and oxygen atoms in total. The van der Waals surface area contributed by atoms with E-state index in [0.717, 1.165) is 10.8 Å². The van der Waals surface area contributed by atoms with Crippen LogP contribution in [0.2, 0.25) is 0 Å². The molecule has 1 saturated heterocycles. The highest BCUT2D eigenvalue weighted by molar-refractivity contribution is 5.98. The normalized spacial score (nSPS) is 13.8. The number of hydrogen-bond donors (Lipinski definition) is 1. The number of fused-ring (bicyclic) bond motifs is 1. The van der Waals surface area contributed by atoms with Crippen LogP contribution < -0.4 is 5.32 Å². The molecule has 7 heteroatoms. The number of nitrogens with one attached hydrogen (secondary N) is 1. The third-order valence-corrected chi connectivity index (χ3v) is 5.65. The molecule has 4 rings (SSSR count). The maximum atomic E-state index is 13.0. The van der Waals surface area contributed by atoms with Gasteiger partial charge in [0.1, 0.15) is 5.82 Å². The first-order valence-electron chi connectivity index (χ1n) is 10.6. The van der Waals surface area contributed by atoms with E-state index in [9.17, 15) is 18.8 Å². The molecular formula is C25H24FN3O3. The van der Waals surface area contributed by atoms with Crippen molar-refractivity contribution < 1.29 is 18.8 Å². The smallest absolute Gasteiger partial charge is 0.253 e. The van der Waals surface area contributed by atoms with Gasteiger partial charge in [-0.05, 0) is 47.2 Å². The molecule has 1 fully saturated rings. The van der Waals surface area contributed by atoms with Gasteiger partial charge in [0, 0.05) is 50.3 Å². The van der Waals surface area contributed by atoms with Gasteiger partial charge in [0.15, 0.2) is 0 Å². The summed E-state index contributed by atoms with van der Waals surface area (Å²) < 4.78 is 13.0. The van der Waals surface area contributed by atoms with Crippen LogP contribution in [0, 0.1) is 5.82 Å². The van der Waals surface area contributed by atoms with Crippen LogP contribution in [0.15, 0.2) is 66.7 Å². The van der Waals surface area contributed by atoms with Gasteiger partial charge in [-0.2, -0.15) is 0 Å². The Bertz CT molecular complexity index is 1140. The predicted octanol–water partition coefficient (Wildman–Crippen LogP) is 3.08. The third-order valence-electron chi connectivity index (χ3n) is 5.65. The fraction of sp³-hybridized carbons (Fsp3) is 0.240. The molecule has 164 valence electrons. The molecule has 3 amide bonds. The largest absolute Gasteiger partial charge is 0.352 e. The van der Waals surface area contributed by atoms with Gasteiger partial charge in [-0.15, -0.1) is 0 Å². The van der Waals surface area contributed by atoms with Gasteiger partial charge in [-0.3, -0.25) is 14.4 Å². The van der Waals surface area contributed by atoms with Gasteiger partial charge in [0.25, 0.3) is 11.8 Å².